The maximum Gasteiger partial charge on any atom is 0.0146 e. The zero-order valence-electron chi connectivity index (χ0n) is 11.7. The van der Waals surface area contributed by atoms with Crippen molar-refractivity contribution in [2.45, 2.75) is 66.3 Å². The Morgan fingerprint density at radius 2 is 1.47 bits per heavy atom. The van der Waals surface area contributed by atoms with E-state index in [0.29, 0.717) is 0 Å². The second-order valence-corrected chi connectivity index (χ2v) is 4.93. The molecule has 0 aromatic heterocycles. The quantitative estimate of drug-likeness (QED) is 0.584. The van der Waals surface area contributed by atoms with Gasteiger partial charge in [0.25, 0.3) is 0 Å². The zero-order chi connectivity index (χ0) is 11.8. The van der Waals surface area contributed by atoms with Crippen molar-refractivity contribution in [1.29, 1.82) is 0 Å². The van der Waals surface area contributed by atoms with Gasteiger partial charge in [-0.3, -0.25) is 0 Å². The van der Waals surface area contributed by atoms with Crippen molar-refractivity contribution in [2.75, 3.05) is 13.6 Å². The molecular weight excluding hydrogens is 182 g/mol. The van der Waals surface area contributed by atoms with Gasteiger partial charge in [0.1, 0.15) is 0 Å². The molecule has 1 nitrogen and oxygen atoms in total. The van der Waals surface area contributed by atoms with Gasteiger partial charge >= 0.3 is 0 Å². The molecule has 0 amide bonds. The highest BCUT2D eigenvalue weighted by Gasteiger charge is 2.26. The van der Waals surface area contributed by atoms with E-state index in [9.17, 15) is 0 Å². The third kappa shape index (κ3) is 4.55. The standard InChI is InChI=1S/C14H31N/c1-7-11-15(6)14(12(5)8-2)13(9-3)10-4/h12-14H,7-11H2,1-6H3. The van der Waals surface area contributed by atoms with E-state index in [-0.39, 0.29) is 0 Å². The van der Waals surface area contributed by atoms with Crippen molar-refractivity contribution in [1.82, 2.24) is 4.90 Å². The van der Waals surface area contributed by atoms with Crippen LogP contribution in [-0.2, 0) is 0 Å². The summed E-state index contributed by atoms with van der Waals surface area (Å²) in [6.45, 7) is 12.9. The first-order valence-corrected chi connectivity index (χ1v) is 6.82. The molecule has 2 atom stereocenters. The average molecular weight is 213 g/mol. The molecule has 0 spiro atoms. The van der Waals surface area contributed by atoms with Gasteiger partial charge in [0.2, 0.25) is 0 Å². The lowest BCUT2D eigenvalue weighted by Gasteiger charge is -2.38. The van der Waals surface area contributed by atoms with Crippen LogP contribution in [0.4, 0.5) is 0 Å². The Labute approximate surface area is 97.2 Å². The summed E-state index contributed by atoms with van der Waals surface area (Å²) < 4.78 is 0. The summed E-state index contributed by atoms with van der Waals surface area (Å²) in [5.74, 6) is 1.70. The normalized spacial score (nSPS) is 16.0. The third-order valence-corrected chi connectivity index (χ3v) is 3.84. The van der Waals surface area contributed by atoms with Crippen molar-refractivity contribution >= 4 is 0 Å². The molecule has 0 N–H and O–H groups in total. The van der Waals surface area contributed by atoms with Gasteiger partial charge in [-0.05, 0) is 31.8 Å². The Morgan fingerprint density at radius 1 is 0.933 bits per heavy atom. The van der Waals surface area contributed by atoms with E-state index in [2.05, 4.69) is 46.6 Å². The van der Waals surface area contributed by atoms with Gasteiger partial charge in [-0.15, -0.1) is 0 Å². The Balaban J connectivity index is 4.54. The molecule has 0 aromatic carbocycles. The molecular formula is C14H31N. The molecule has 0 radical (unpaired) electrons. The van der Waals surface area contributed by atoms with Crippen LogP contribution in [-0.4, -0.2) is 24.5 Å². The van der Waals surface area contributed by atoms with Crippen LogP contribution in [0, 0.1) is 11.8 Å². The molecule has 0 aliphatic heterocycles. The van der Waals surface area contributed by atoms with Crippen molar-refractivity contribution in [2.24, 2.45) is 11.8 Å². The summed E-state index contributed by atoms with van der Waals surface area (Å²) >= 11 is 0. The second-order valence-electron chi connectivity index (χ2n) is 4.93. The van der Waals surface area contributed by atoms with E-state index in [1.54, 1.807) is 0 Å². The maximum absolute atomic E-state index is 2.59. The number of hydrogen-bond acceptors (Lipinski definition) is 1. The highest BCUT2D eigenvalue weighted by molar-refractivity contribution is 4.80. The molecule has 0 saturated heterocycles. The molecule has 0 aliphatic carbocycles. The fourth-order valence-corrected chi connectivity index (χ4v) is 2.77. The molecule has 0 aliphatic rings. The van der Waals surface area contributed by atoms with Crippen LogP contribution in [0.1, 0.15) is 60.3 Å². The molecule has 92 valence electrons. The topological polar surface area (TPSA) is 3.24 Å². The van der Waals surface area contributed by atoms with Crippen LogP contribution in [0.25, 0.3) is 0 Å². The lowest BCUT2D eigenvalue weighted by molar-refractivity contribution is 0.113. The zero-order valence-corrected chi connectivity index (χ0v) is 11.7. The Kier molecular flexibility index (Phi) is 8.13. The van der Waals surface area contributed by atoms with Crippen molar-refractivity contribution in [3.05, 3.63) is 0 Å². The van der Waals surface area contributed by atoms with Gasteiger partial charge in [0.05, 0.1) is 0 Å². The first-order chi connectivity index (χ1) is 7.12. The summed E-state index contributed by atoms with van der Waals surface area (Å²) in [4.78, 5) is 2.59. The van der Waals surface area contributed by atoms with Crippen molar-refractivity contribution in [3.8, 4) is 0 Å². The van der Waals surface area contributed by atoms with E-state index in [0.717, 1.165) is 17.9 Å². The van der Waals surface area contributed by atoms with Gasteiger partial charge < -0.3 is 4.90 Å². The van der Waals surface area contributed by atoms with E-state index < -0.39 is 0 Å². The monoisotopic (exact) mass is 213 g/mol. The van der Waals surface area contributed by atoms with E-state index in [1.807, 2.05) is 0 Å². The number of hydrogen-bond donors (Lipinski definition) is 0. The van der Waals surface area contributed by atoms with Crippen LogP contribution < -0.4 is 0 Å². The van der Waals surface area contributed by atoms with Gasteiger partial charge in [0, 0.05) is 6.04 Å². The molecule has 0 heterocycles. The lowest BCUT2D eigenvalue weighted by atomic mass is 9.83. The number of rotatable bonds is 8. The SMILES string of the molecule is CCCN(C)C(C(C)CC)C(CC)CC. The fraction of sp³-hybridized carbons (Fsp3) is 1.00. The molecule has 0 aromatic rings. The molecule has 0 saturated carbocycles. The smallest absolute Gasteiger partial charge is 0.0146 e. The van der Waals surface area contributed by atoms with Gasteiger partial charge in [-0.2, -0.15) is 0 Å². The summed E-state index contributed by atoms with van der Waals surface area (Å²) in [6, 6.07) is 0.782. The molecule has 15 heavy (non-hydrogen) atoms. The predicted octanol–water partition coefficient (Wildman–Crippen LogP) is 4.18. The minimum absolute atomic E-state index is 0.782. The van der Waals surface area contributed by atoms with Crippen molar-refractivity contribution in [3.63, 3.8) is 0 Å². The van der Waals surface area contributed by atoms with Gasteiger partial charge in [-0.1, -0.05) is 53.9 Å². The molecule has 0 fully saturated rings. The Hall–Kier alpha value is -0.0400. The molecule has 0 rings (SSSR count). The summed E-state index contributed by atoms with van der Waals surface area (Å²) in [6.07, 6.45) is 5.21. The minimum Gasteiger partial charge on any atom is -0.303 e. The highest BCUT2D eigenvalue weighted by Crippen LogP contribution is 2.26. The minimum atomic E-state index is 0.782. The first-order valence-electron chi connectivity index (χ1n) is 6.82. The van der Waals surface area contributed by atoms with Crippen molar-refractivity contribution < 1.29 is 0 Å². The highest BCUT2D eigenvalue weighted by atomic mass is 15.1. The Bertz CT molecular complexity index is 140. The van der Waals surface area contributed by atoms with Crippen LogP contribution in [0.5, 0.6) is 0 Å². The molecule has 1 heteroatoms. The largest absolute Gasteiger partial charge is 0.303 e. The second kappa shape index (κ2) is 8.15. The van der Waals surface area contributed by atoms with Crippen LogP contribution >= 0.6 is 0 Å². The summed E-state index contributed by atoms with van der Waals surface area (Å²) in [7, 11) is 2.30. The molecule has 0 bridgehead atoms. The fourth-order valence-electron chi connectivity index (χ4n) is 2.77. The van der Waals surface area contributed by atoms with E-state index >= 15 is 0 Å². The average Bonchev–Trinajstić information content (AvgIpc) is 2.24. The van der Waals surface area contributed by atoms with Crippen LogP contribution in [0.3, 0.4) is 0 Å². The molecule has 2 unspecified atom stereocenters. The lowest BCUT2D eigenvalue weighted by Crippen LogP contribution is -2.42. The first kappa shape index (κ1) is 15.0. The van der Waals surface area contributed by atoms with Gasteiger partial charge in [0.15, 0.2) is 0 Å². The van der Waals surface area contributed by atoms with E-state index in [1.165, 1.54) is 32.2 Å². The number of nitrogens with zero attached hydrogens (tertiary/aromatic N) is 1. The van der Waals surface area contributed by atoms with Gasteiger partial charge in [-0.25, -0.2) is 0 Å². The predicted molar refractivity (Wildman–Crippen MR) is 70.2 cm³/mol. The summed E-state index contributed by atoms with van der Waals surface area (Å²) in [5.41, 5.74) is 0. The van der Waals surface area contributed by atoms with E-state index in [4.69, 9.17) is 0 Å². The van der Waals surface area contributed by atoms with Crippen LogP contribution in [0.15, 0.2) is 0 Å². The Morgan fingerprint density at radius 3 is 1.80 bits per heavy atom. The third-order valence-electron chi connectivity index (χ3n) is 3.84. The summed E-state index contributed by atoms with van der Waals surface area (Å²) in [5, 5.41) is 0. The van der Waals surface area contributed by atoms with Crippen LogP contribution in [0.2, 0.25) is 0 Å². The maximum atomic E-state index is 2.59.